The minimum Gasteiger partial charge on any atom is -0.276 e. The van der Waals surface area contributed by atoms with Gasteiger partial charge < -0.3 is 0 Å². The van der Waals surface area contributed by atoms with E-state index in [0.717, 1.165) is 11.1 Å². The smallest absolute Gasteiger partial charge is 0.252 e. The highest BCUT2D eigenvalue weighted by atomic mass is 35.5. The molecule has 0 bridgehead atoms. The van der Waals surface area contributed by atoms with E-state index in [-0.39, 0.29) is 5.41 Å². The Morgan fingerprint density at radius 2 is 1.19 bits per heavy atom. The molecule has 2 nitrogen and oxygen atoms in total. The van der Waals surface area contributed by atoms with Crippen molar-refractivity contribution in [3.05, 3.63) is 70.8 Å². The van der Waals surface area contributed by atoms with Crippen LogP contribution in [0.2, 0.25) is 0 Å². The van der Waals surface area contributed by atoms with Crippen LogP contribution in [0.3, 0.4) is 0 Å². The summed E-state index contributed by atoms with van der Waals surface area (Å²) in [6, 6.07) is 14.3. The Labute approximate surface area is 133 Å². The molecular formula is C17H14Cl2O2. The molecule has 108 valence electrons. The number of hydrogen-bond donors (Lipinski definition) is 0. The van der Waals surface area contributed by atoms with Gasteiger partial charge >= 0.3 is 0 Å². The van der Waals surface area contributed by atoms with Crippen molar-refractivity contribution >= 4 is 33.7 Å². The second-order valence-electron chi connectivity index (χ2n) is 5.33. The normalized spacial score (nSPS) is 11.2. The fourth-order valence-corrected chi connectivity index (χ4v) is 2.46. The van der Waals surface area contributed by atoms with E-state index in [4.69, 9.17) is 23.2 Å². The Bertz CT molecular complexity index is 646. The molecule has 0 radical (unpaired) electrons. The van der Waals surface area contributed by atoms with E-state index in [1.54, 1.807) is 36.4 Å². The molecule has 0 heterocycles. The first-order valence-electron chi connectivity index (χ1n) is 6.43. The van der Waals surface area contributed by atoms with Gasteiger partial charge in [0.2, 0.25) is 0 Å². The van der Waals surface area contributed by atoms with Gasteiger partial charge in [0.05, 0.1) is 0 Å². The number of benzene rings is 2. The molecular weight excluding hydrogens is 307 g/mol. The zero-order chi connectivity index (χ0) is 15.6. The van der Waals surface area contributed by atoms with E-state index in [2.05, 4.69) is 0 Å². The lowest BCUT2D eigenvalue weighted by atomic mass is 9.77. The van der Waals surface area contributed by atoms with E-state index >= 15 is 0 Å². The van der Waals surface area contributed by atoms with Gasteiger partial charge in [0.25, 0.3) is 10.5 Å². The third kappa shape index (κ3) is 3.34. The molecule has 0 unspecified atom stereocenters. The molecule has 2 rings (SSSR count). The zero-order valence-electron chi connectivity index (χ0n) is 11.7. The Balaban J connectivity index is 2.50. The molecule has 2 aromatic carbocycles. The van der Waals surface area contributed by atoms with Gasteiger partial charge in [-0.25, -0.2) is 0 Å². The van der Waals surface area contributed by atoms with Crippen LogP contribution in [0.4, 0.5) is 0 Å². The lowest BCUT2D eigenvalue weighted by Gasteiger charge is -2.26. The average Bonchev–Trinajstić information content (AvgIpc) is 2.47. The molecule has 0 saturated carbocycles. The van der Waals surface area contributed by atoms with Gasteiger partial charge in [-0.2, -0.15) is 0 Å². The maximum atomic E-state index is 11.3. The summed E-state index contributed by atoms with van der Waals surface area (Å²) in [6.45, 7) is 4.03. The van der Waals surface area contributed by atoms with Gasteiger partial charge in [0.15, 0.2) is 0 Å². The van der Waals surface area contributed by atoms with Crippen molar-refractivity contribution in [3.63, 3.8) is 0 Å². The minimum atomic E-state index is -0.489. The van der Waals surface area contributed by atoms with Crippen molar-refractivity contribution < 1.29 is 9.59 Å². The highest BCUT2D eigenvalue weighted by molar-refractivity contribution is 6.68. The second-order valence-corrected chi connectivity index (χ2v) is 6.02. The SMILES string of the molecule is CC(C)(c1cccc(C(=O)Cl)c1)c1cccc(C(=O)Cl)c1. The van der Waals surface area contributed by atoms with Crippen molar-refractivity contribution in [2.75, 3.05) is 0 Å². The highest BCUT2D eigenvalue weighted by Crippen LogP contribution is 2.32. The molecule has 0 aliphatic rings. The molecule has 0 aliphatic carbocycles. The predicted octanol–water partition coefficient (Wildman–Crippen LogP) is 4.77. The largest absolute Gasteiger partial charge is 0.276 e. The van der Waals surface area contributed by atoms with E-state index in [1.807, 2.05) is 26.0 Å². The van der Waals surface area contributed by atoms with E-state index in [0.29, 0.717) is 11.1 Å². The standard InChI is InChI=1S/C17H14Cl2O2/c1-17(2,13-7-3-5-11(9-13)15(18)20)14-8-4-6-12(10-14)16(19)21/h3-10H,1-2H3. The third-order valence-electron chi connectivity index (χ3n) is 3.62. The summed E-state index contributed by atoms with van der Waals surface area (Å²) >= 11 is 11.1. The first-order chi connectivity index (χ1) is 9.82. The maximum Gasteiger partial charge on any atom is 0.252 e. The van der Waals surface area contributed by atoms with E-state index in [9.17, 15) is 9.59 Å². The molecule has 4 heteroatoms. The van der Waals surface area contributed by atoms with Gasteiger partial charge in [0, 0.05) is 16.5 Å². The molecule has 0 N–H and O–H groups in total. The summed E-state index contributed by atoms with van der Waals surface area (Å²) in [6.07, 6.45) is 0. The van der Waals surface area contributed by atoms with Crippen molar-refractivity contribution in [1.29, 1.82) is 0 Å². The molecule has 2 aromatic rings. The molecule has 21 heavy (non-hydrogen) atoms. The predicted molar refractivity (Wildman–Crippen MR) is 85.4 cm³/mol. The number of halogens is 2. The van der Waals surface area contributed by atoms with Gasteiger partial charge in [-0.15, -0.1) is 0 Å². The Kier molecular flexibility index (Phi) is 4.50. The van der Waals surface area contributed by atoms with Crippen molar-refractivity contribution in [2.24, 2.45) is 0 Å². The van der Waals surface area contributed by atoms with Crippen LogP contribution < -0.4 is 0 Å². The van der Waals surface area contributed by atoms with Crippen LogP contribution >= 0.6 is 23.2 Å². The molecule has 0 spiro atoms. The molecule has 0 atom stereocenters. The van der Waals surface area contributed by atoms with Gasteiger partial charge in [-0.3, -0.25) is 9.59 Å². The van der Waals surface area contributed by atoms with Gasteiger partial charge in [-0.1, -0.05) is 50.2 Å². The maximum absolute atomic E-state index is 11.3. The molecule has 0 saturated heterocycles. The molecule has 0 aliphatic heterocycles. The van der Waals surface area contributed by atoms with Crippen molar-refractivity contribution in [3.8, 4) is 0 Å². The number of carbonyl (C=O) groups is 2. The summed E-state index contributed by atoms with van der Waals surface area (Å²) in [7, 11) is 0. The first-order valence-corrected chi connectivity index (χ1v) is 7.18. The Hall–Kier alpha value is -1.64. The monoisotopic (exact) mass is 320 g/mol. The van der Waals surface area contributed by atoms with Crippen LogP contribution in [0, 0.1) is 0 Å². The average molecular weight is 321 g/mol. The lowest BCUT2D eigenvalue weighted by molar-refractivity contribution is 0.107. The molecule has 0 fully saturated rings. The Morgan fingerprint density at radius 3 is 1.52 bits per heavy atom. The van der Waals surface area contributed by atoms with E-state index < -0.39 is 10.5 Å². The highest BCUT2D eigenvalue weighted by Gasteiger charge is 2.24. The van der Waals surface area contributed by atoms with Gasteiger partial charge in [-0.05, 0) is 46.5 Å². The number of carbonyl (C=O) groups excluding carboxylic acids is 2. The summed E-state index contributed by atoms with van der Waals surface area (Å²) in [5, 5.41) is -0.977. The van der Waals surface area contributed by atoms with Crippen molar-refractivity contribution in [2.45, 2.75) is 19.3 Å². The summed E-state index contributed by atoms with van der Waals surface area (Å²) in [5.74, 6) is 0. The molecule has 0 aromatic heterocycles. The minimum absolute atomic E-state index is 0.384. The number of hydrogen-bond acceptors (Lipinski definition) is 2. The van der Waals surface area contributed by atoms with Gasteiger partial charge in [0.1, 0.15) is 0 Å². The lowest BCUT2D eigenvalue weighted by Crippen LogP contribution is -2.19. The topological polar surface area (TPSA) is 34.1 Å². The zero-order valence-corrected chi connectivity index (χ0v) is 13.2. The van der Waals surface area contributed by atoms with Crippen molar-refractivity contribution in [1.82, 2.24) is 0 Å². The second kappa shape index (κ2) is 6.00. The Morgan fingerprint density at radius 1 is 0.810 bits per heavy atom. The van der Waals surface area contributed by atoms with Crippen LogP contribution in [0.25, 0.3) is 0 Å². The fourth-order valence-electron chi connectivity index (χ4n) is 2.23. The fraction of sp³-hybridized carbons (Fsp3) is 0.176. The molecule has 0 amide bonds. The summed E-state index contributed by atoms with van der Waals surface area (Å²) in [5.41, 5.74) is 2.39. The van der Waals surface area contributed by atoms with Crippen LogP contribution in [-0.4, -0.2) is 10.5 Å². The summed E-state index contributed by atoms with van der Waals surface area (Å²) < 4.78 is 0. The number of rotatable bonds is 4. The van der Waals surface area contributed by atoms with Crippen LogP contribution in [0.15, 0.2) is 48.5 Å². The van der Waals surface area contributed by atoms with Crippen LogP contribution in [-0.2, 0) is 5.41 Å². The third-order valence-corrected chi connectivity index (χ3v) is 4.06. The van der Waals surface area contributed by atoms with Crippen LogP contribution in [0.1, 0.15) is 45.7 Å². The van der Waals surface area contributed by atoms with E-state index in [1.165, 1.54) is 0 Å². The summed E-state index contributed by atoms with van der Waals surface area (Å²) in [4.78, 5) is 22.6. The van der Waals surface area contributed by atoms with Crippen LogP contribution in [0.5, 0.6) is 0 Å². The quantitative estimate of drug-likeness (QED) is 0.760. The first kappa shape index (κ1) is 15.7.